The van der Waals surface area contributed by atoms with Gasteiger partial charge in [0.1, 0.15) is 5.82 Å². The molecule has 0 bridgehead atoms. The zero-order valence-corrected chi connectivity index (χ0v) is 18.7. The van der Waals surface area contributed by atoms with Gasteiger partial charge in [0, 0.05) is 38.3 Å². The SMILES string of the molecule is CCc1nc(Nc2cc(C(=O)NC)ccc2C)c([N+](=O)[O-])c(N(C)CC(C)(C)C)n1. The number of hydrogen-bond donors (Lipinski definition) is 2. The van der Waals surface area contributed by atoms with E-state index in [2.05, 4.69) is 41.4 Å². The van der Waals surface area contributed by atoms with Crippen LogP contribution < -0.4 is 15.5 Å². The molecule has 30 heavy (non-hydrogen) atoms. The van der Waals surface area contributed by atoms with Crippen LogP contribution in [0.1, 0.15) is 49.4 Å². The first-order chi connectivity index (χ1) is 14.0. The van der Waals surface area contributed by atoms with E-state index < -0.39 is 4.92 Å². The van der Waals surface area contributed by atoms with Crippen LogP contribution in [-0.4, -0.2) is 41.4 Å². The molecule has 0 fully saturated rings. The van der Waals surface area contributed by atoms with Crippen LogP contribution in [0.15, 0.2) is 18.2 Å². The molecular weight excluding hydrogens is 384 g/mol. The summed E-state index contributed by atoms with van der Waals surface area (Å²) in [7, 11) is 3.34. The normalized spacial score (nSPS) is 11.2. The van der Waals surface area contributed by atoms with Gasteiger partial charge in [0.05, 0.1) is 4.92 Å². The molecule has 1 aromatic carbocycles. The van der Waals surface area contributed by atoms with Crippen LogP contribution in [0.25, 0.3) is 0 Å². The zero-order valence-electron chi connectivity index (χ0n) is 18.7. The van der Waals surface area contributed by atoms with E-state index in [1.54, 1.807) is 37.2 Å². The Balaban J connectivity index is 2.61. The highest BCUT2D eigenvalue weighted by Crippen LogP contribution is 2.36. The summed E-state index contributed by atoms with van der Waals surface area (Å²) in [4.78, 5) is 34.2. The molecule has 0 aliphatic carbocycles. The third-order valence-electron chi connectivity index (χ3n) is 4.46. The van der Waals surface area contributed by atoms with E-state index in [-0.39, 0.29) is 28.6 Å². The molecule has 0 saturated carbocycles. The second kappa shape index (κ2) is 9.06. The van der Waals surface area contributed by atoms with Crippen molar-refractivity contribution in [1.29, 1.82) is 0 Å². The molecule has 1 aromatic heterocycles. The quantitative estimate of drug-likeness (QED) is 0.523. The molecule has 2 N–H and O–H groups in total. The fourth-order valence-electron chi connectivity index (χ4n) is 3.12. The Hall–Kier alpha value is -3.23. The Labute approximate surface area is 177 Å². The lowest BCUT2D eigenvalue weighted by Gasteiger charge is -2.27. The smallest absolute Gasteiger partial charge is 0.353 e. The first-order valence-corrected chi connectivity index (χ1v) is 9.83. The Morgan fingerprint density at radius 2 is 1.93 bits per heavy atom. The first-order valence-electron chi connectivity index (χ1n) is 9.83. The molecule has 9 heteroatoms. The van der Waals surface area contributed by atoms with Crippen LogP contribution in [-0.2, 0) is 6.42 Å². The van der Waals surface area contributed by atoms with Crippen molar-refractivity contribution in [3.05, 3.63) is 45.3 Å². The molecule has 162 valence electrons. The lowest BCUT2D eigenvalue weighted by atomic mass is 9.96. The largest absolute Gasteiger partial charge is 0.355 e. The Bertz CT molecular complexity index is 952. The molecule has 1 heterocycles. The van der Waals surface area contributed by atoms with E-state index in [1.807, 2.05) is 13.8 Å². The average Bonchev–Trinajstić information content (AvgIpc) is 2.66. The van der Waals surface area contributed by atoms with Crippen molar-refractivity contribution in [2.24, 2.45) is 5.41 Å². The van der Waals surface area contributed by atoms with E-state index >= 15 is 0 Å². The van der Waals surface area contributed by atoms with E-state index in [9.17, 15) is 14.9 Å². The Kier molecular flexibility index (Phi) is 6.96. The molecule has 0 aliphatic rings. The maximum atomic E-state index is 12.0. The molecule has 0 atom stereocenters. The lowest BCUT2D eigenvalue weighted by Crippen LogP contribution is -2.31. The number of nitro groups is 1. The van der Waals surface area contributed by atoms with Gasteiger partial charge in [-0.1, -0.05) is 33.8 Å². The van der Waals surface area contributed by atoms with Gasteiger partial charge in [-0.15, -0.1) is 0 Å². The number of carbonyl (C=O) groups is 1. The molecule has 1 amide bonds. The van der Waals surface area contributed by atoms with Gasteiger partial charge in [-0.3, -0.25) is 14.9 Å². The minimum atomic E-state index is -0.464. The fraction of sp³-hybridized carbons (Fsp3) is 0.476. The molecule has 0 saturated heterocycles. The summed E-state index contributed by atoms with van der Waals surface area (Å²) in [6.07, 6.45) is 0.528. The highest BCUT2D eigenvalue weighted by molar-refractivity contribution is 5.95. The Morgan fingerprint density at radius 1 is 1.27 bits per heavy atom. The number of rotatable bonds is 7. The summed E-state index contributed by atoms with van der Waals surface area (Å²) in [5.74, 6) is 0.637. The second-order valence-electron chi connectivity index (χ2n) is 8.42. The molecular formula is C21H30N6O3. The number of anilines is 3. The Morgan fingerprint density at radius 3 is 2.47 bits per heavy atom. The number of aryl methyl sites for hydroxylation is 2. The van der Waals surface area contributed by atoms with Crippen LogP contribution in [0, 0.1) is 22.5 Å². The summed E-state index contributed by atoms with van der Waals surface area (Å²) >= 11 is 0. The predicted octanol–water partition coefficient (Wildman–Crippen LogP) is 3.84. The lowest BCUT2D eigenvalue weighted by molar-refractivity contribution is -0.383. The maximum Gasteiger partial charge on any atom is 0.353 e. The predicted molar refractivity (Wildman–Crippen MR) is 119 cm³/mol. The number of benzene rings is 1. The summed E-state index contributed by atoms with van der Waals surface area (Å²) in [6, 6.07) is 5.14. The molecule has 2 aromatic rings. The summed E-state index contributed by atoms with van der Waals surface area (Å²) in [5, 5.41) is 17.7. The first kappa shape index (κ1) is 23.1. The van der Waals surface area contributed by atoms with Crippen molar-refractivity contribution in [1.82, 2.24) is 15.3 Å². The summed E-state index contributed by atoms with van der Waals surface area (Å²) < 4.78 is 0. The van der Waals surface area contributed by atoms with Crippen molar-refractivity contribution in [3.8, 4) is 0 Å². The second-order valence-corrected chi connectivity index (χ2v) is 8.42. The summed E-state index contributed by atoms with van der Waals surface area (Å²) in [6.45, 7) is 10.5. The van der Waals surface area contributed by atoms with Gasteiger partial charge in [-0.05, 0) is 30.0 Å². The van der Waals surface area contributed by atoms with E-state index in [1.165, 1.54) is 0 Å². The van der Waals surface area contributed by atoms with Gasteiger partial charge in [0.15, 0.2) is 0 Å². The highest BCUT2D eigenvalue weighted by Gasteiger charge is 2.29. The molecule has 0 spiro atoms. The van der Waals surface area contributed by atoms with Crippen molar-refractivity contribution in [2.75, 3.05) is 30.9 Å². The van der Waals surface area contributed by atoms with Crippen molar-refractivity contribution in [3.63, 3.8) is 0 Å². The van der Waals surface area contributed by atoms with Gasteiger partial charge >= 0.3 is 5.69 Å². The monoisotopic (exact) mass is 414 g/mol. The molecule has 0 radical (unpaired) electrons. The van der Waals surface area contributed by atoms with E-state index in [4.69, 9.17) is 0 Å². The number of hydrogen-bond acceptors (Lipinski definition) is 7. The van der Waals surface area contributed by atoms with Gasteiger partial charge in [-0.25, -0.2) is 9.97 Å². The highest BCUT2D eigenvalue weighted by atomic mass is 16.6. The average molecular weight is 415 g/mol. The van der Waals surface area contributed by atoms with Gasteiger partial charge in [0.25, 0.3) is 5.91 Å². The molecule has 9 nitrogen and oxygen atoms in total. The fourth-order valence-corrected chi connectivity index (χ4v) is 3.12. The molecule has 0 unspecified atom stereocenters. The van der Waals surface area contributed by atoms with Crippen LogP contribution in [0.3, 0.4) is 0 Å². The number of nitrogens with one attached hydrogen (secondary N) is 2. The number of nitrogens with zero attached hydrogens (tertiary/aromatic N) is 4. The summed E-state index contributed by atoms with van der Waals surface area (Å²) in [5.41, 5.74) is 1.58. The van der Waals surface area contributed by atoms with Crippen LogP contribution in [0.4, 0.5) is 23.0 Å². The van der Waals surface area contributed by atoms with E-state index in [0.717, 1.165) is 5.56 Å². The van der Waals surface area contributed by atoms with Crippen molar-refractivity contribution in [2.45, 2.75) is 41.0 Å². The van der Waals surface area contributed by atoms with E-state index in [0.29, 0.717) is 30.0 Å². The topological polar surface area (TPSA) is 113 Å². The molecule has 2 rings (SSSR count). The maximum absolute atomic E-state index is 12.0. The van der Waals surface area contributed by atoms with Crippen LogP contribution >= 0.6 is 0 Å². The number of aromatic nitrogens is 2. The minimum absolute atomic E-state index is 0.0774. The minimum Gasteiger partial charge on any atom is -0.355 e. The van der Waals surface area contributed by atoms with Gasteiger partial charge in [0.2, 0.25) is 11.6 Å². The van der Waals surface area contributed by atoms with Crippen LogP contribution in [0.2, 0.25) is 0 Å². The van der Waals surface area contributed by atoms with Crippen LogP contribution in [0.5, 0.6) is 0 Å². The third kappa shape index (κ3) is 5.43. The van der Waals surface area contributed by atoms with Crippen molar-refractivity contribution >= 4 is 28.9 Å². The van der Waals surface area contributed by atoms with Crippen molar-refractivity contribution < 1.29 is 9.72 Å². The molecule has 0 aliphatic heterocycles. The zero-order chi connectivity index (χ0) is 22.6. The number of carbonyl (C=O) groups excluding carboxylic acids is 1. The standard InChI is InChI=1S/C21H30N6O3/c1-8-16-24-18(23-15-11-14(20(28)22-6)10-9-13(15)2)17(27(29)30)19(25-16)26(7)12-21(3,4)5/h9-11H,8,12H2,1-7H3,(H,22,28)(H,23,24,25). The van der Waals surface area contributed by atoms with Gasteiger partial charge in [-0.2, -0.15) is 0 Å². The number of amides is 1. The van der Waals surface area contributed by atoms with Gasteiger partial charge < -0.3 is 15.5 Å². The third-order valence-corrected chi connectivity index (χ3v) is 4.46.